The monoisotopic (exact) mass is 393 g/mol. The number of carbonyl (C=O) groups is 2. The average Bonchev–Trinajstić information content (AvgIpc) is 3.07. The van der Waals surface area contributed by atoms with Gasteiger partial charge in [-0.1, -0.05) is 44.2 Å². The van der Waals surface area contributed by atoms with E-state index >= 15 is 0 Å². The summed E-state index contributed by atoms with van der Waals surface area (Å²) in [7, 11) is -0.936. The number of ether oxygens (including phenoxy) is 2. The fourth-order valence-corrected chi connectivity index (χ4v) is 4.86. The number of methoxy groups -OCH3 is 1. The van der Waals surface area contributed by atoms with Crippen molar-refractivity contribution in [3.05, 3.63) is 35.9 Å². The first kappa shape index (κ1) is 21.4. The van der Waals surface area contributed by atoms with E-state index in [0.29, 0.717) is 6.54 Å². The third-order valence-electron chi connectivity index (χ3n) is 5.50. The van der Waals surface area contributed by atoms with Crippen LogP contribution in [0.1, 0.15) is 38.7 Å². The van der Waals surface area contributed by atoms with Crippen LogP contribution in [0.5, 0.6) is 0 Å². The first-order chi connectivity index (χ1) is 12.7. The fraction of sp³-hybridized carbons (Fsp3) is 0.600. The number of likely N-dealkylation sites (tertiary alicyclic amines) is 1. The maximum Gasteiger partial charge on any atom is 0.411 e. The lowest BCUT2D eigenvalue weighted by atomic mass is 10.1. The van der Waals surface area contributed by atoms with Gasteiger partial charge in [0.1, 0.15) is 12.8 Å². The van der Waals surface area contributed by atoms with E-state index in [4.69, 9.17) is 13.9 Å². The SMILES string of the molecule is COC(=O)N1CCC[C@@H]1O[Si](C)(C)C(C)(C)CC(=O)OCc1ccccc1. The first-order valence-electron chi connectivity index (χ1n) is 9.38. The molecule has 1 saturated heterocycles. The number of carbonyl (C=O) groups excluding carboxylic acids is 2. The lowest BCUT2D eigenvalue weighted by Crippen LogP contribution is -2.50. The van der Waals surface area contributed by atoms with Gasteiger partial charge in [-0.25, -0.2) is 4.79 Å². The van der Waals surface area contributed by atoms with Gasteiger partial charge in [0.25, 0.3) is 0 Å². The summed E-state index contributed by atoms with van der Waals surface area (Å²) in [6.45, 7) is 9.18. The summed E-state index contributed by atoms with van der Waals surface area (Å²) in [5.74, 6) is -0.232. The smallest absolute Gasteiger partial charge is 0.411 e. The van der Waals surface area contributed by atoms with E-state index < -0.39 is 8.32 Å². The fourth-order valence-electron chi connectivity index (χ4n) is 3.05. The Morgan fingerprint density at radius 3 is 2.52 bits per heavy atom. The van der Waals surface area contributed by atoms with Crippen molar-refractivity contribution in [2.75, 3.05) is 13.7 Å². The van der Waals surface area contributed by atoms with Crippen molar-refractivity contribution >= 4 is 20.4 Å². The molecule has 0 saturated carbocycles. The second-order valence-electron chi connectivity index (χ2n) is 8.10. The largest absolute Gasteiger partial charge is 0.461 e. The molecule has 1 heterocycles. The molecule has 1 aromatic rings. The van der Waals surface area contributed by atoms with E-state index in [1.54, 1.807) is 4.90 Å². The summed E-state index contributed by atoms with van der Waals surface area (Å²) in [6, 6.07) is 9.64. The highest BCUT2D eigenvalue weighted by molar-refractivity contribution is 6.74. The van der Waals surface area contributed by atoms with Gasteiger partial charge < -0.3 is 13.9 Å². The standard InChI is InChI=1S/C20H31NO5Si/c1-20(2,14-18(22)25-15-16-10-7-6-8-11-16)27(4,5)26-17-12-9-13-21(17)19(23)24-3/h6-8,10-11,17H,9,12-15H2,1-5H3/t17-/m0/s1. The van der Waals surface area contributed by atoms with Gasteiger partial charge in [-0.05, 0) is 36.5 Å². The number of hydrogen-bond acceptors (Lipinski definition) is 5. The number of rotatable bonds is 7. The van der Waals surface area contributed by atoms with Crippen LogP contribution in [0, 0.1) is 0 Å². The first-order valence-corrected chi connectivity index (χ1v) is 12.3. The number of esters is 1. The second-order valence-corrected chi connectivity index (χ2v) is 12.7. The Hall–Kier alpha value is -1.86. The second kappa shape index (κ2) is 8.88. The molecule has 1 aliphatic rings. The van der Waals surface area contributed by atoms with E-state index in [0.717, 1.165) is 18.4 Å². The van der Waals surface area contributed by atoms with Gasteiger partial charge in [-0.15, -0.1) is 0 Å². The van der Waals surface area contributed by atoms with E-state index in [9.17, 15) is 9.59 Å². The summed E-state index contributed by atoms with van der Waals surface area (Å²) in [4.78, 5) is 26.0. The molecular formula is C20H31NO5Si. The van der Waals surface area contributed by atoms with Crippen LogP contribution in [0.2, 0.25) is 18.1 Å². The molecule has 1 atom stereocenters. The van der Waals surface area contributed by atoms with Gasteiger partial charge >= 0.3 is 12.1 Å². The highest BCUT2D eigenvalue weighted by Gasteiger charge is 2.46. The van der Waals surface area contributed by atoms with Crippen LogP contribution in [0.15, 0.2) is 30.3 Å². The Labute approximate surface area is 162 Å². The minimum Gasteiger partial charge on any atom is -0.461 e. The zero-order valence-electron chi connectivity index (χ0n) is 17.0. The highest BCUT2D eigenvalue weighted by Crippen LogP contribution is 2.43. The molecule has 2 rings (SSSR count). The normalized spacial score (nSPS) is 17.7. The third kappa shape index (κ3) is 5.56. The maximum atomic E-state index is 12.4. The molecule has 1 fully saturated rings. The van der Waals surface area contributed by atoms with Gasteiger partial charge in [-0.2, -0.15) is 0 Å². The Morgan fingerprint density at radius 1 is 1.22 bits per heavy atom. The van der Waals surface area contributed by atoms with Crippen LogP contribution < -0.4 is 0 Å². The zero-order chi connectivity index (χ0) is 20.1. The van der Waals surface area contributed by atoms with Crippen molar-refractivity contribution in [1.29, 1.82) is 0 Å². The molecule has 0 aliphatic carbocycles. The van der Waals surface area contributed by atoms with Gasteiger partial charge in [0.2, 0.25) is 0 Å². The lowest BCUT2D eigenvalue weighted by Gasteiger charge is -2.41. The molecule has 6 nitrogen and oxygen atoms in total. The Kier molecular flexibility index (Phi) is 7.05. The quantitative estimate of drug-likeness (QED) is 0.510. The molecule has 150 valence electrons. The molecule has 1 aliphatic heterocycles. The van der Waals surface area contributed by atoms with Crippen molar-refractivity contribution < 1.29 is 23.5 Å². The van der Waals surface area contributed by atoms with E-state index in [-0.39, 0.29) is 36.4 Å². The van der Waals surface area contributed by atoms with Crippen LogP contribution in [-0.4, -0.2) is 45.2 Å². The van der Waals surface area contributed by atoms with Gasteiger partial charge in [0.05, 0.1) is 13.5 Å². The van der Waals surface area contributed by atoms with Crippen molar-refractivity contribution in [3.63, 3.8) is 0 Å². The van der Waals surface area contributed by atoms with E-state index in [1.807, 2.05) is 44.2 Å². The maximum absolute atomic E-state index is 12.4. The summed E-state index contributed by atoms with van der Waals surface area (Å²) >= 11 is 0. The summed E-state index contributed by atoms with van der Waals surface area (Å²) in [6.07, 6.45) is 1.33. The van der Waals surface area contributed by atoms with Crippen LogP contribution in [0.25, 0.3) is 0 Å². The molecule has 7 heteroatoms. The highest BCUT2D eigenvalue weighted by atomic mass is 28.4. The summed E-state index contributed by atoms with van der Waals surface area (Å²) in [5.41, 5.74) is 0.969. The number of amides is 1. The van der Waals surface area contributed by atoms with Gasteiger partial charge in [0, 0.05) is 6.54 Å². The lowest BCUT2D eigenvalue weighted by molar-refractivity contribution is -0.145. The van der Waals surface area contributed by atoms with E-state index in [2.05, 4.69) is 13.1 Å². The molecule has 27 heavy (non-hydrogen) atoms. The number of hydrogen-bond donors (Lipinski definition) is 0. The number of benzene rings is 1. The van der Waals surface area contributed by atoms with Crippen molar-refractivity contribution in [3.8, 4) is 0 Å². The van der Waals surface area contributed by atoms with Gasteiger partial charge in [0.15, 0.2) is 8.32 Å². The van der Waals surface area contributed by atoms with Crippen molar-refractivity contribution in [1.82, 2.24) is 4.90 Å². The summed E-state index contributed by atoms with van der Waals surface area (Å²) in [5, 5.41) is -0.342. The Morgan fingerprint density at radius 2 is 1.89 bits per heavy atom. The van der Waals surface area contributed by atoms with Crippen molar-refractivity contribution in [2.45, 2.75) is 64.1 Å². The molecule has 1 amide bonds. The van der Waals surface area contributed by atoms with Crippen LogP contribution in [0.4, 0.5) is 4.79 Å². The average molecular weight is 394 g/mol. The van der Waals surface area contributed by atoms with Crippen LogP contribution in [-0.2, 0) is 25.3 Å². The molecular weight excluding hydrogens is 362 g/mol. The third-order valence-corrected chi connectivity index (χ3v) is 9.79. The Bertz CT molecular complexity index is 647. The molecule has 0 aromatic heterocycles. The molecule has 0 unspecified atom stereocenters. The Balaban J connectivity index is 1.94. The van der Waals surface area contributed by atoms with Gasteiger partial charge in [-0.3, -0.25) is 9.69 Å². The minimum absolute atomic E-state index is 0.232. The molecule has 1 aromatic carbocycles. The topological polar surface area (TPSA) is 65.1 Å². The molecule has 0 bridgehead atoms. The predicted octanol–water partition coefficient (Wildman–Crippen LogP) is 4.31. The number of nitrogens with zero attached hydrogens (tertiary/aromatic N) is 1. The zero-order valence-corrected chi connectivity index (χ0v) is 18.0. The van der Waals surface area contributed by atoms with Crippen LogP contribution in [0.3, 0.4) is 0 Å². The van der Waals surface area contributed by atoms with E-state index in [1.165, 1.54) is 7.11 Å². The molecule has 0 N–H and O–H groups in total. The molecule has 0 spiro atoms. The van der Waals surface area contributed by atoms with Crippen molar-refractivity contribution in [2.24, 2.45) is 0 Å². The minimum atomic E-state index is -2.32. The van der Waals surface area contributed by atoms with Crippen LogP contribution >= 0.6 is 0 Å². The molecule has 0 radical (unpaired) electrons. The summed E-state index contributed by atoms with van der Waals surface area (Å²) < 4.78 is 16.7. The predicted molar refractivity (Wildman–Crippen MR) is 106 cm³/mol.